The number of carbonyl (C=O) groups excluding carboxylic acids is 2. The highest BCUT2D eigenvalue weighted by molar-refractivity contribution is 7.87. The van der Waals surface area contributed by atoms with Gasteiger partial charge in [0.25, 0.3) is 0 Å². The molecule has 178 valence electrons. The van der Waals surface area contributed by atoms with Crippen molar-refractivity contribution in [3.8, 4) is 0 Å². The highest BCUT2D eigenvalue weighted by Gasteiger charge is 2.31. The van der Waals surface area contributed by atoms with Gasteiger partial charge >= 0.3 is 22.1 Å². The molecule has 0 amide bonds. The zero-order valence-corrected chi connectivity index (χ0v) is 19.2. The van der Waals surface area contributed by atoms with Gasteiger partial charge in [-0.1, -0.05) is 48.5 Å². The molecule has 0 bridgehead atoms. The summed E-state index contributed by atoms with van der Waals surface area (Å²) in [5.74, 6) is -1.66. The number of rotatable bonds is 8. The fourth-order valence-corrected chi connectivity index (χ4v) is 4.76. The summed E-state index contributed by atoms with van der Waals surface area (Å²) in [6.07, 6.45) is 2.77. The fraction of sp³-hybridized carbons (Fsp3) is 0.250. The molecule has 0 saturated carbocycles. The number of carbonyl (C=O) groups is 2. The van der Waals surface area contributed by atoms with Gasteiger partial charge in [-0.2, -0.15) is 8.42 Å². The fourth-order valence-electron chi connectivity index (χ4n) is 3.85. The minimum Gasteiger partial charge on any atom is -0.456 e. The first-order valence-corrected chi connectivity index (χ1v) is 12.3. The predicted octanol–water partition coefficient (Wildman–Crippen LogP) is 2.77. The van der Waals surface area contributed by atoms with E-state index in [1.54, 1.807) is 36.4 Å². The van der Waals surface area contributed by atoms with Gasteiger partial charge in [-0.15, -0.1) is 0 Å². The van der Waals surface area contributed by atoms with Crippen molar-refractivity contribution in [2.45, 2.75) is 25.4 Å². The summed E-state index contributed by atoms with van der Waals surface area (Å²) in [4.78, 5) is 31.9. The van der Waals surface area contributed by atoms with Gasteiger partial charge in [0.2, 0.25) is 0 Å². The van der Waals surface area contributed by atoms with Gasteiger partial charge in [0.05, 0.1) is 5.56 Å². The van der Waals surface area contributed by atoms with E-state index in [9.17, 15) is 18.0 Å². The minimum absolute atomic E-state index is 0.00696. The van der Waals surface area contributed by atoms with Crippen molar-refractivity contribution in [2.24, 2.45) is 0 Å². The maximum Gasteiger partial charge on any atom is 0.357 e. The number of hydrogen-bond acceptors (Lipinski definition) is 7. The molecule has 0 unspecified atom stereocenters. The second kappa shape index (κ2) is 10.6. The monoisotopic (exact) mass is 483 g/mol. The van der Waals surface area contributed by atoms with E-state index in [0.29, 0.717) is 5.56 Å². The van der Waals surface area contributed by atoms with Crippen molar-refractivity contribution >= 4 is 22.1 Å². The third-order valence-electron chi connectivity index (χ3n) is 5.58. The Morgan fingerprint density at radius 1 is 0.941 bits per heavy atom. The molecule has 34 heavy (non-hydrogen) atoms. The second-order valence-corrected chi connectivity index (χ2v) is 9.36. The largest absolute Gasteiger partial charge is 0.456 e. The first-order valence-electron chi connectivity index (χ1n) is 10.9. The van der Waals surface area contributed by atoms with Gasteiger partial charge in [-0.25, -0.2) is 13.6 Å². The molecule has 10 heteroatoms. The van der Waals surface area contributed by atoms with E-state index in [4.69, 9.17) is 9.57 Å². The Labute approximate surface area is 197 Å². The molecule has 9 nitrogen and oxygen atoms in total. The molecule has 2 aromatic carbocycles. The molecule has 1 aromatic heterocycles. The maximum atomic E-state index is 13.1. The summed E-state index contributed by atoms with van der Waals surface area (Å²) in [5.41, 5.74) is 1.43. The van der Waals surface area contributed by atoms with Crippen LogP contribution in [-0.4, -0.2) is 37.4 Å². The van der Waals surface area contributed by atoms with Crippen LogP contribution < -0.4 is 10.2 Å². The van der Waals surface area contributed by atoms with Gasteiger partial charge < -0.3 is 14.9 Å². The normalized spacial score (nSPS) is 14.5. The molecule has 2 N–H and O–H groups in total. The molecular weight excluding hydrogens is 458 g/mol. The lowest BCUT2D eigenvalue weighted by Crippen LogP contribution is -2.34. The first kappa shape index (κ1) is 23.7. The standard InChI is InChI=1S/C24H25N3O6S/c28-23(20-9-5-2-6-10-20)33-26-34(30,31)27-16-13-21(19-11-14-25-15-12-19)22(27)24(29)32-17-18-7-3-1-4-8-18/h1-10,13,16,19,25-26H,11-12,14-15,17H2. The smallest absolute Gasteiger partial charge is 0.357 e. The number of benzene rings is 2. The Morgan fingerprint density at radius 3 is 2.26 bits per heavy atom. The Balaban J connectivity index is 1.58. The average molecular weight is 484 g/mol. The summed E-state index contributed by atoms with van der Waals surface area (Å²) in [6.45, 7) is 1.51. The molecule has 3 aromatic rings. The lowest BCUT2D eigenvalue weighted by molar-refractivity contribution is 0.0405. The molecule has 0 spiro atoms. The number of esters is 1. The van der Waals surface area contributed by atoms with Crippen LogP contribution in [0.3, 0.4) is 0 Å². The SMILES string of the molecule is O=C(ONS(=O)(=O)n1ccc(C2CCNCC2)c1C(=O)OCc1ccccc1)c1ccccc1. The number of nitrogens with zero attached hydrogens (tertiary/aromatic N) is 1. The Hall–Kier alpha value is -3.47. The van der Waals surface area contributed by atoms with E-state index >= 15 is 0 Å². The van der Waals surface area contributed by atoms with Crippen LogP contribution in [0.25, 0.3) is 0 Å². The van der Waals surface area contributed by atoms with Crippen molar-refractivity contribution in [3.05, 3.63) is 95.3 Å². The van der Waals surface area contributed by atoms with Crippen LogP contribution in [0.15, 0.2) is 72.9 Å². The molecule has 1 fully saturated rings. The third-order valence-corrected chi connectivity index (χ3v) is 6.69. The lowest BCUT2D eigenvalue weighted by atomic mass is 9.90. The summed E-state index contributed by atoms with van der Waals surface area (Å²) in [6, 6.07) is 18.7. The van der Waals surface area contributed by atoms with E-state index in [0.717, 1.165) is 35.5 Å². The summed E-state index contributed by atoms with van der Waals surface area (Å²) < 4.78 is 32.3. The quantitative estimate of drug-likeness (QED) is 0.374. The van der Waals surface area contributed by atoms with Gasteiger partial charge in [0, 0.05) is 6.20 Å². The first-order chi connectivity index (χ1) is 16.5. The van der Waals surface area contributed by atoms with Crippen LogP contribution in [0.4, 0.5) is 0 Å². The van der Waals surface area contributed by atoms with Crippen LogP contribution >= 0.6 is 0 Å². The van der Waals surface area contributed by atoms with E-state index in [1.807, 2.05) is 23.1 Å². The Kier molecular flexibility index (Phi) is 7.41. The molecule has 1 aliphatic heterocycles. The van der Waals surface area contributed by atoms with Gasteiger partial charge in [-0.05, 0) is 66.1 Å². The van der Waals surface area contributed by atoms with Crippen LogP contribution in [0, 0.1) is 0 Å². The van der Waals surface area contributed by atoms with Crippen molar-refractivity contribution in [3.63, 3.8) is 0 Å². The van der Waals surface area contributed by atoms with Crippen LogP contribution in [0.1, 0.15) is 50.7 Å². The predicted molar refractivity (Wildman–Crippen MR) is 124 cm³/mol. The van der Waals surface area contributed by atoms with Gasteiger partial charge in [0.1, 0.15) is 12.3 Å². The zero-order chi connectivity index (χ0) is 24.0. The van der Waals surface area contributed by atoms with Crippen molar-refractivity contribution in [2.75, 3.05) is 13.1 Å². The summed E-state index contributed by atoms with van der Waals surface area (Å²) in [7, 11) is -4.43. The summed E-state index contributed by atoms with van der Waals surface area (Å²) in [5, 5.41) is 3.25. The third kappa shape index (κ3) is 5.53. The van der Waals surface area contributed by atoms with Gasteiger partial charge in [0.15, 0.2) is 0 Å². The number of hydrogen-bond donors (Lipinski definition) is 2. The molecule has 0 radical (unpaired) electrons. The van der Waals surface area contributed by atoms with Crippen molar-refractivity contribution in [1.29, 1.82) is 0 Å². The van der Waals surface area contributed by atoms with E-state index < -0.39 is 22.1 Å². The van der Waals surface area contributed by atoms with E-state index in [1.165, 1.54) is 18.3 Å². The van der Waals surface area contributed by atoms with Crippen LogP contribution in [0.5, 0.6) is 0 Å². The van der Waals surface area contributed by atoms with Crippen LogP contribution in [-0.2, 0) is 26.4 Å². The minimum atomic E-state index is -4.43. The lowest BCUT2D eigenvalue weighted by Gasteiger charge is -2.23. The Bertz CT molecular complexity index is 1240. The van der Waals surface area contributed by atoms with E-state index in [-0.39, 0.29) is 23.8 Å². The molecule has 0 aliphatic carbocycles. The van der Waals surface area contributed by atoms with Crippen molar-refractivity contribution in [1.82, 2.24) is 14.2 Å². The Morgan fingerprint density at radius 2 is 1.59 bits per heavy atom. The number of aromatic nitrogens is 1. The molecular formula is C24H25N3O6S. The average Bonchev–Trinajstić information content (AvgIpc) is 3.34. The van der Waals surface area contributed by atoms with E-state index in [2.05, 4.69) is 5.32 Å². The number of piperidine rings is 1. The number of nitrogens with one attached hydrogen (secondary N) is 2. The highest BCUT2D eigenvalue weighted by atomic mass is 32.2. The summed E-state index contributed by atoms with van der Waals surface area (Å²) >= 11 is 0. The number of ether oxygens (including phenoxy) is 1. The topological polar surface area (TPSA) is 116 Å². The molecule has 1 aliphatic rings. The zero-order valence-electron chi connectivity index (χ0n) is 18.3. The molecule has 2 heterocycles. The molecule has 0 atom stereocenters. The molecule has 1 saturated heterocycles. The maximum absolute atomic E-state index is 13.1. The highest BCUT2D eigenvalue weighted by Crippen LogP contribution is 2.30. The van der Waals surface area contributed by atoms with Gasteiger partial charge in [-0.3, -0.25) is 0 Å². The second-order valence-electron chi connectivity index (χ2n) is 7.85. The van der Waals surface area contributed by atoms with Crippen molar-refractivity contribution < 1.29 is 27.6 Å². The van der Waals surface area contributed by atoms with Crippen LogP contribution in [0.2, 0.25) is 0 Å². The molecule has 4 rings (SSSR count).